The number of esters is 1. The third kappa shape index (κ3) is 24.1. The van der Waals surface area contributed by atoms with E-state index in [0.717, 1.165) is 38.5 Å². The molecule has 0 saturated heterocycles. The molecular formula is C30H57O4. The van der Waals surface area contributed by atoms with Crippen molar-refractivity contribution < 1.29 is 19.4 Å². The van der Waals surface area contributed by atoms with Crippen molar-refractivity contribution in [1.82, 2.24) is 0 Å². The average Bonchev–Trinajstić information content (AvgIpc) is 2.82. The second-order valence-electron chi connectivity index (χ2n) is 10.3. The Bertz CT molecular complexity index is 449. The fraction of sp³-hybridized carbons (Fsp3) is 0.933. The van der Waals surface area contributed by atoms with E-state index in [1.807, 2.05) is 0 Å². The average molecular weight is 482 g/mol. The molecule has 34 heavy (non-hydrogen) atoms. The zero-order chi connectivity index (χ0) is 25.1. The lowest BCUT2D eigenvalue weighted by Gasteiger charge is -2.12. The molecule has 201 valence electrons. The summed E-state index contributed by atoms with van der Waals surface area (Å²) in [5.41, 5.74) is 0. The van der Waals surface area contributed by atoms with Gasteiger partial charge in [-0.15, -0.1) is 0 Å². The summed E-state index contributed by atoms with van der Waals surface area (Å²) < 4.78 is 5.20. The molecule has 0 aliphatic heterocycles. The maximum atomic E-state index is 12.0. The lowest BCUT2D eigenvalue weighted by Crippen LogP contribution is -2.26. The predicted octanol–water partition coefficient (Wildman–Crippen LogP) is 9.65. The van der Waals surface area contributed by atoms with E-state index < -0.39 is 12.1 Å². The number of unbranched alkanes of at least 4 members (excludes halogenated alkanes) is 21. The van der Waals surface area contributed by atoms with Crippen LogP contribution in [0.2, 0.25) is 0 Å². The molecule has 0 aromatic rings. The highest BCUT2D eigenvalue weighted by molar-refractivity contribution is 5.77. The Hall–Kier alpha value is -1.06. The molecule has 1 radical (unpaired) electrons. The summed E-state index contributed by atoms with van der Waals surface area (Å²) in [5, 5.41) is 11.3. The van der Waals surface area contributed by atoms with Crippen molar-refractivity contribution in [3.63, 3.8) is 0 Å². The largest absolute Gasteiger partial charge is 0.450 e. The van der Waals surface area contributed by atoms with Crippen molar-refractivity contribution in [1.29, 1.82) is 0 Å². The Balaban J connectivity index is 3.57. The van der Waals surface area contributed by atoms with E-state index >= 15 is 0 Å². The zero-order valence-electron chi connectivity index (χ0n) is 22.9. The first-order chi connectivity index (χ1) is 16.6. The lowest BCUT2D eigenvalue weighted by atomic mass is 10.0. The van der Waals surface area contributed by atoms with E-state index in [0.29, 0.717) is 12.8 Å². The molecule has 0 bridgehead atoms. The summed E-state index contributed by atoms with van der Waals surface area (Å²) >= 11 is 0. The highest BCUT2D eigenvalue weighted by Crippen LogP contribution is 2.15. The standard InChI is InChI=1S/C30H57O4/c1-3-5-7-9-11-13-15-16-17-19-21-23-25-27-29(31)34-28(30(32)33)26-24-22-20-18-14-12-10-8-6-4-2/h28H,3-27H2,1-2H3. The van der Waals surface area contributed by atoms with Gasteiger partial charge < -0.3 is 4.74 Å². The highest BCUT2D eigenvalue weighted by Gasteiger charge is 2.23. The van der Waals surface area contributed by atoms with Gasteiger partial charge >= 0.3 is 11.9 Å². The summed E-state index contributed by atoms with van der Waals surface area (Å²) in [6.07, 6.45) is 27.9. The van der Waals surface area contributed by atoms with Crippen LogP contribution in [-0.4, -0.2) is 18.0 Å². The van der Waals surface area contributed by atoms with Crippen molar-refractivity contribution in [2.45, 2.75) is 180 Å². The molecular weight excluding hydrogens is 424 g/mol. The fourth-order valence-corrected chi connectivity index (χ4v) is 4.55. The minimum Gasteiger partial charge on any atom is -0.450 e. The Labute approximate surface area is 212 Å². The van der Waals surface area contributed by atoms with Crippen molar-refractivity contribution in [2.75, 3.05) is 0 Å². The van der Waals surface area contributed by atoms with Crippen LogP contribution >= 0.6 is 0 Å². The van der Waals surface area contributed by atoms with Gasteiger partial charge in [-0.25, -0.2) is 9.90 Å². The third-order valence-corrected chi connectivity index (χ3v) is 6.84. The zero-order valence-corrected chi connectivity index (χ0v) is 22.9. The smallest absolute Gasteiger partial charge is 0.395 e. The van der Waals surface area contributed by atoms with Crippen LogP contribution in [0, 0.1) is 0 Å². The van der Waals surface area contributed by atoms with Crippen LogP contribution in [0.1, 0.15) is 174 Å². The predicted molar refractivity (Wildman–Crippen MR) is 142 cm³/mol. The van der Waals surface area contributed by atoms with Crippen molar-refractivity contribution in [3.05, 3.63) is 0 Å². The molecule has 0 heterocycles. The van der Waals surface area contributed by atoms with Crippen molar-refractivity contribution in [2.24, 2.45) is 0 Å². The maximum Gasteiger partial charge on any atom is 0.395 e. The first kappa shape index (κ1) is 32.9. The summed E-state index contributed by atoms with van der Waals surface area (Å²) in [6.45, 7) is 4.49. The van der Waals surface area contributed by atoms with Gasteiger partial charge in [-0.3, -0.25) is 4.79 Å². The van der Waals surface area contributed by atoms with Gasteiger partial charge in [-0.1, -0.05) is 149 Å². The minimum absolute atomic E-state index is 0.319. The SMILES string of the molecule is CCCCCCCCCCCCCCCC(=O)OC(CCCCCCCCCCCC)C([O])=O. The van der Waals surface area contributed by atoms with E-state index in [9.17, 15) is 14.7 Å². The van der Waals surface area contributed by atoms with Crippen LogP contribution in [0.5, 0.6) is 0 Å². The summed E-state index contributed by atoms with van der Waals surface area (Å²) in [4.78, 5) is 23.4. The number of hydrogen-bond acceptors (Lipinski definition) is 3. The van der Waals surface area contributed by atoms with E-state index in [2.05, 4.69) is 13.8 Å². The molecule has 0 aliphatic rings. The molecule has 0 aromatic carbocycles. The Morgan fingerprint density at radius 1 is 0.500 bits per heavy atom. The van der Waals surface area contributed by atoms with Gasteiger partial charge in [0.2, 0.25) is 6.10 Å². The Morgan fingerprint density at radius 3 is 1.18 bits per heavy atom. The molecule has 0 aromatic heterocycles. The fourth-order valence-electron chi connectivity index (χ4n) is 4.55. The van der Waals surface area contributed by atoms with Crippen LogP contribution in [-0.2, 0) is 19.4 Å². The van der Waals surface area contributed by atoms with Crippen molar-refractivity contribution in [3.8, 4) is 0 Å². The quantitative estimate of drug-likeness (QED) is 0.0866. The third-order valence-electron chi connectivity index (χ3n) is 6.84. The second kappa shape index (κ2) is 26.5. The molecule has 1 atom stereocenters. The van der Waals surface area contributed by atoms with Crippen LogP contribution < -0.4 is 0 Å². The molecule has 1 unspecified atom stereocenters. The Kier molecular flexibility index (Phi) is 25.7. The molecule has 4 heteroatoms. The molecule has 0 fully saturated rings. The van der Waals surface area contributed by atoms with Gasteiger partial charge in [0.05, 0.1) is 0 Å². The van der Waals surface area contributed by atoms with E-state index in [4.69, 9.17) is 4.74 Å². The monoisotopic (exact) mass is 481 g/mol. The summed E-state index contributed by atoms with van der Waals surface area (Å²) in [5.74, 6) is -1.64. The van der Waals surface area contributed by atoms with Crippen LogP contribution in [0.25, 0.3) is 0 Å². The number of rotatable bonds is 27. The maximum absolute atomic E-state index is 12.0. The van der Waals surface area contributed by atoms with Crippen LogP contribution in [0.3, 0.4) is 0 Å². The molecule has 0 spiro atoms. The van der Waals surface area contributed by atoms with E-state index in [-0.39, 0.29) is 5.97 Å². The highest BCUT2D eigenvalue weighted by atomic mass is 16.6. The topological polar surface area (TPSA) is 63.3 Å². The van der Waals surface area contributed by atoms with Gasteiger partial charge in [0.1, 0.15) is 0 Å². The molecule has 0 amide bonds. The summed E-state index contributed by atoms with van der Waals surface area (Å²) in [6, 6.07) is 0. The lowest BCUT2D eigenvalue weighted by molar-refractivity contribution is -0.168. The van der Waals surface area contributed by atoms with Crippen molar-refractivity contribution >= 4 is 11.9 Å². The molecule has 0 aliphatic carbocycles. The van der Waals surface area contributed by atoms with Gasteiger partial charge in [-0.05, 0) is 19.3 Å². The number of carbonyl (C=O) groups is 2. The van der Waals surface area contributed by atoms with Gasteiger partial charge in [0, 0.05) is 6.42 Å². The second-order valence-corrected chi connectivity index (χ2v) is 10.3. The molecule has 0 saturated carbocycles. The first-order valence-electron chi connectivity index (χ1n) is 15.0. The number of ether oxygens (including phenoxy) is 1. The minimum atomic E-state index is -1.25. The van der Waals surface area contributed by atoms with Gasteiger partial charge in [-0.2, -0.15) is 0 Å². The molecule has 4 nitrogen and oxygen atoms in total. The summed E-state index contributed by atoms with van der Waals surface area (Å²) in [7, 11) is 0. The van der Waals surface area contributed by atoms with Crippen LogP contribution in [0.4, 0.5) is 0 Å². The first-order valence-corrected chi connectivity index (χ1v) is 15.0. The van der Waals surface area contributed by atoms with E-state index in [1.165, 1.54) is 109 Å². The van der Waals surface area contributed by atoms with Gasteiger partial charge in [0.15, 0.2) is 0 Å². The number of hydrogen-bond donors (Lipinski definition) is 0. The molecule has 0 rings (SSSR count). The molecule has 0 N–H and O–H groups in total. The van der Waals surface area contributed by atoms with Gasteiger partial charge in [0.25, 0.3) is 0 Å². The normalized spacial score (nSPS) is 12.1. The van der Waals surface area contributed by atoms with Crippen LogP contribution in [0.15, 0.2) is 0 Å². The number of carbonyl (C=O) groups excluding carboxylic acids is 2. The van der Waals surface area contributed by atoms with E-state index in [1.54, 1.807) is 0 Å². The Morgan fingerprint density at radius 2 is 0.824 bits per heavy atom.